The second-order valence-electron chi connectivity index (χ2n) is 3.65. The molecule has 6 nitrogen and oxygen atoms in total. The van der Waals surface area contributed by atoms with Gasteiger partial charge in [-0.2, -0.15) is 0 Å². The number of anilines is 2. The summed E-state index contributed by atoms with van der Waals surface area (Å²) in [5.41, 5.74) is 0.687. The minimum Gasteiger partial charge on any atom is -0.324 e. The van der Waals surface area contributed by atoms with E-state index in [2.05, 4.69) is 15.4 Å². The number of benzene rings is 1. The van der Waals surface area contributed by atoms with Crippen LogP contribution in [-0.4, -0.2) is 34.2 Å². The standard InChI is InChI=1S/C10H14ClN3O3S/c1-12-6-10(15)13-9-5-7(3-4-8(9)11)14-18(2,16)17/h3-5,12,14H,6H2,1-2H3,(H,13,15). The van der Waals surface area contributed by atoms with Crippen molar-refractivity contribution in [2.24, 2.45) is 0 Å². The first-order valence-electron chi connectivity index (χ1n) is 5.03. The van der Waals surface area contributed by atoms with Gasteiger partial charge in [0.05, 0.1) is 29.2 Å². The Morgan fingerprint density at radius 1 is 1.39 bits per heavy atom. The molecule has 3 N–H and O–H groups in total. The minimum absolute atomic E-state index is 0.139. The van der Waals surface area contributed by atoms with Gasteiger partial charge < -0.3 is 10.6 Å². The maximum Gasteiger partial charge on any atom is 0.238 e. The van der Waals surface area contributed by atoms with Crippen molar-refractivity contribution < 1.29 is 13.2 Å². The quantitative estimate of drug-likeness (QED) is 0.751. The molecule has 0 aromatic heterocycles. The SMILES string of the molecule is CNCC(=O)Nc1cc(NS(C)(=O)=O)ccc1Cl. The van der Waals surface area contributed by atoms with E-state index in [4.69, 9.17) is 11.6 Å². The van der Waals surface area contributed by atoms with Gasteiger partial charge in [-0.05, 0) is 25.2 Å². The lowest BCUT2D eigenvalue weighted by atomic mass is 10.3. The van der Waals surface area contributed by atoms with E-state index in [0.717, 1.165) is 6.26 Å². The van der Waals surface area contributed by atoms with Gasteiger partial charge in [0.15, 0.2) is 0 Å². The van der Waals surface area contributed by atoms with E-state index in [1.54, 1.807) is 7.05 Å². The zero-order valence-electron chi connectivity index (χ0n) is 9.95. The van der Waals surface area contributed by atoms with Gasteiger partial charge in [0.25, 0.3) is 0 Å². The molecule has 0 aliphatic carbocycles. The molecule has 0 bridgehead atoms. The Morgan fingerprint density at radius 2 is 2.06 bits per heavy atom. The first-order chi connectivity index (χ1) is 8.31. The summed E-state index contributed by atoms with van der Waals surface area (Å²) in [6.45, 7) is 0.139. The fourth-order valence-corrected chi connectivity index (χ4v) is 1.97. The third-order valence-corrected chi connectivity index (χ3v) is 2.82. The summed E-state index contributed by atoms with van der Waals surface area (Å²) in [4.78, 5) is 11.4. The number of nitrogens with one attached hydrogen (secondary N) is 3. The van der Waals surface area contributed by atoms with Crippen molar-refractivity contribution in [3.05, 3.63) is 23.2 Å². The summed E-state index contributed by atoms with van der Waals surface area (Å²) in [6.07, 6.45) is 1.04. The van der Waals surface area contributed by atoms with Crippen LogP contribution in [0, 0.1) is 0 Å². The molecular weight excluding hydrogens is 278 g/mol. The van der Waals surface area contributed by atoms with Crippen molar-refractivity contribution in [1.82, 2.24) is 5.32 Å². The highest BCUT2D eigenvalue weighted by molar-refractivity contribution is 7.92. The van der Waals surface area contributed by atoms with Crippen molar-refractivity contribution in [2.75, 3.05) is 29.9 Å². The van der Waals surface area contributed by atoms with E-state index in [0.29, 0.717) is 16.4 Å². The van der Waals surface area contributed by atoms with Crippen LogP contribution in [-0.2, 0) is 14.8 Å². The molecule has 1 aromatic carbocycles. The Kier molecular flexibility index (Phi) is 4.94. The zero-order chi connectivity index (χ0) is 13.8. The monoisotopic (exact) mass is 291 g/mol. The van der Waals surface area contributed by atoms with Gasteiger partial charge in [-0.3, -0.25) is 9.52 Å². The van der Waals surface area contributed by atoms with Crippen molar-refractivity contribution >= 4 is 38.9 Å². The lowest BCUT2D eigenvalue weighted by Crippen LogP contribution is -2.25. The molecule has 1 aromatic rings. The highest BCUT2D eigenvalue weighted by Gasteiger charge is 2.08. The molecule has 0 heterocycles. The Hall–Kier alpha value is -1.31. The van der Waals surface area contributed by atoms with E-state index in [-0.39, 0.29) is 12.5 Å². The molecule has 18 heavy (non-hydrogen) atoms. The average molecular weight is 292 g/mol. The van der Waals surface area contributed by atoms with Crippen molar-refractivity contribution in [1.29, 1.82) is 0 Å². The molecule has 0 aliphatic heterocycles. The molecule has 0 saturated heterocycles. The van der Waals surface area contributed by atoms with Gasteiger partial charge >= 0.3 is 0 Å². The summed E-state index contributed by atoms with van der Waals surface area (Å²) in [7, 11) is -1.72. The largest absolute Gasteiger partial charge is 0.324 e. The summed E-state index contributed by atoms with van der Waals surface area (Å²) in [5.74, 6) is -0.268. The number of halogens is 1. The molecular formula is C10H14ClN3O3S. The van der Waals surface area contributed by atoms with E-state index in [1.807, 2.05) is 0 Å². The number of sulfonamides is 1. The first-order valence-corrected chi connectivity index (χ1v) is 7.30. The van der Waals surface area contributed by atoms with E-state index in [9.17, 15) is 13.2 Å². The van der Waals surface area contributed by atoms with Crippen LogP contribution in [0.25, 0.3) is 0 Å². The molecule has 100 valence electrons. The molecule has 0 fully saturated rings. The number of carbonyl (C=O) groups excluding carboxylic acids is 1. The number of amides is 1. The fraction of sp³-hybridized carbons (Fsp3) is 0.300. The molecule has 1 amide bonds. The highest BCUT2D eigenvalue weighted by atomic mass is 35.5. The summed E-state index contributed by atoms with van der Waals surface area (Å²) in [6, 6.07) is 4.47. The maximum absolute atomic E-state index is 11.4. The minimum atomic E-state index is -3.36. The first kappa shape index (κ1) is 14.7. The lowest BCUT2D eigenvalue weighted by molar-refractivity contribution is -0.115. The van der Waals surface area contributed by atoms with Crippen molar-refractivity contribution in [3.63, 3.8) is 0 Å². The predicted molar refractivity (Wildman–Crippen MR) is 72.5 cm³/mol. The molecule has 0 radical (unpaired) electrons. The molecule has 8 heteroatoms. The molecule has 0 atom stereocenters. The Balaban J connectivity index is 2.91. The van der Waals surface area contributed by atoms with Crippen LogP contribution in [0.15, 0.2) is 18.2 Å². The average Bonchev–Trinajstić information content (AvgIpc) is 2.21. The normalized spacial score (nSPS) is 11.1. The second kappa shape index (κ2) is 6.03. The van der Waals surface area contributed by atoms with Crippen LogP contribution in [0.5, 0.6) is 0 Å². The zero-order valence-corrected chi connectivity index (χ0v) is 11.5. The highest BCUT2D eigenvalue weighted by Crippen LogP contribution is 2.25. The number of hydrogen-bond acceptors (Lipinski definition) is 4. The maximum atomic E-state index is 11.4. The van der Waals surface area contributed by atoms with Gasteiger partial charge in [-0.1, -0.05) is 11.6 Å². The molecule has 0 saturated carbocycles. The van der Waals surface area contributed by atoms with Gasteiger partial charge in [0.2, 0.25) is 15.9 Å². The predicted octanol–water partition coefficient (Wildman–Crippen LogP) is 0.869. The number of likely N-dealkylation sites (N-methyl/N-ethyl adjacent to an activating group) is 1. The van der Waals surface area contributed by atoms with Crippen LogP contribution in [0.4, 0.5) is 11.4 Å². The summed E-state index contributed by atoms with van der Waals surface area (Å²) in [5, 5.41) is 5.59. The van der Waals surface area contributed by atoms with Gasteiger partial charge in [0, 0.05) is 0 Å². The number of rotatable bonds is 5. The Labute approximate surface area is 111 Å². The number of carbonyl (C=O) groups is 1. The lowest BCUT2D eigenvalue weighted by Gasteiger charge is -2.10. The topological polar surface area (TPSA) is 87.3 Å². The molecule has 1 rings (SSSR count). The van der Waals surface area contributed by atoms with E-state index < -0.39 is 10.0 Å². The van der Waals surface area contributed by atoms with E-state index in [1.165, 1.54) is 18.2 Å². The van der Waals surface area contributed by atoms with Crippen LogP contribution < -0.4 is 15.4 Å². The van der Waals surface area contributed by atoms with Crippen LogP contribution in [0.3, 0.4) is 0 Å². The third-order valence-electron chi connectivity index (χ3n) is 1.88. The Bertz CT molecular complexity index is 545. The molecule has 0 unspecified atom stereocenters. The van der Waals surface area contributed by atoms with Crippen LogP contribution >= 0.6 is 11.6 Å². The third kappa shape index (κ3) is 4.91. The molecule has 0 aliphatic rings. The Morgan fingerprint density at radius 3 is 2.61 bits per heavy atom. The summed E-state index contributed by atoms with van der Waals surface area (Å²) >= 11 is 5.90. The second-order valence-corrected chi connectivity index (χ2v) is 5.80. The summed E-state index contributed by atoms with van der Waals surface area (Å²) < 4.78 is 24.5. The van der Waals surface area contributed by atoms with Crippen molar-refractivity contribution in [2.45, 2.75) is 0 Å². The van der Waals surface area contributed by atoms with E-state index >= 15 is 0 Å². The van der Waals surface area contributed by atoms with Gasteiger partial charge in [-0.15, -0.1) is 0 Å². The smallest absolute Gasteiger partial charge is 0.238 e. The molecule has 0 spiro atoms. The van der Waals surface area contributed by atoms with Crippen molar-refractivity contribution in [3.8, 4) is 0 Å². The fourth-order valence-electron chi connectivity index (χ4n) is 1.25. The van der Waals surface area contributed by atoms with Crippen LogP contribution in [0.2, 0.25) is 5.02 Å². The number of hydrogen-bond donors (Lipinski definition) is 3. The van der Waals surface area contributed by atoms with Crippen LogP contribution in [0.1, 0.15) is 0 Å². The van der Waals surface area contributed by atoms with Gasteiger partial charge in [0.1, 0.15) is 0 Å². The van der Waals surface area contributed by atoms with Gasteiger partial charge in [-0.25, -0.2) is 8.42 Å².